The molecular weight excluding hydrogens is 493 g/mol. The predicted molar refractivity (Wildman–Crippen MR) is 129 cm³/mol. The number of anilines is 2. The van der Waals surface area contributed by atoms with Gasteiger partial charge in [-0.15, -0.1) is 0 Å². The van der Waals surface area contributed by atoms with E-state index >= 15 is 0 Å². The van der Waals surface area contributed by atoms with Gasteiger partial charge >= 0.3 is 7.75 Å². The summed E-state index contributed by atoms with van der Waals surface area (Å²) >= 11 is 0. The highest BCUT2D eigenvalue weighted by atomic mass is 31.2. The maximum absolute atomic E-state index is 13.5. The minimum absolute atomic E-state index is 0.0407. The van der Waals surface area contributed by atoms with Gasteiger partial charge in [0.05, 0.1) is 19.0 Å². The van der Waals surface area contributed by atoms with Crippen molar-refractivity contribution < 1.29 is 33.4 Å². The number of benzene rings is 1. The van der Waals surface area contributed by atoms with Crippen LogP contribution in [0.2, 0.25) is 0 Å². The number of ketones is 1. The van der Waals surface area contributed by atoms with Crippen LogP contribution in [0, 0.1) is 0 Å². The molecule has 1 fully saturated rings. The summed E-state index contributed by atoms with van der Waals surface area (Å²) in [6.45, 7) is 3.74. The molecule has 2 unspecified atom stereocenters. The number of nitrogen functional groups attached to an aromatic ring is 2. The van der Waals surface area contributed by atoms with Crippen LogP contribution in [-0.2, 0) is 18.6 Å². The maximum atomic E-state index is 13.5. The summed E-state index contributed by atoms with van der Waals surface area (Å²) in [6.07, 6.45) is -2.49. The Labute approximate surface area is 206 Å². The quantitative estimate of drug-likeness (QED) is 0.247. The van der Waals surface area contributed by atoms with E-state index in [1.165, 1.54) is 31.7 Å². The predicted octanol–water partition coefficient (Wildman–Crippen LogP) is 0.771. The number of para-hydroxylation sites is 1. The van der Waals surface area contributed by atoms with Crippen molar-refractivity contribution in [1.29, 1.82) is 0 Å². The molecule has 0 bridgehead atoms. The zero-order chi connectivity index (χ0) is 26.3. The van der Waals surface area contributed by atoms with Crippen molar-refractivity contribution in [3.05, 3.63) is 36.7 Å². The SMILES string of the molecule is CC(=O)[C@H](C)NP(=O)(OCC1O[C@@H](n2cnc3c(N)nc(N)nc32)[C@](C)(O)[C@@H]1O)Oc1ccccc1. The number of imidazole rings is 1. The van der Waals surface area contributed by atoms with Crippen molar-refractivity contribution in [3.8, 4) is 5.75 Å². The van der Waals surface area contributed by atoms with Gasteiger partial charge in [-0.25, -0.2) is 14.6 Å². The Kier molecular flexibility index (Phi) is 7.01. The Bertz CT molecular complexity index is 1300. The van der Waals surface area contributed by atoms with E-state index in [0.717, 1.165) is 0 Å². The molecule has 1 aliphatic heterocycles. The number of aliphatic hydroxyl groups excluding tert-OH is 1. The van der Waals surface area contributed by atoms with Gasteiger partial charge in [0.15, 0.2) is 17.7 Å². The second-order valence-corrected chi connectivity index (χ2v) is 10.3. The molecule has 1 aliphatic rings. The molecule has 14 nitrogen and oxygen atoms in total. The number of Topliss-reactive ketones (excluding diaryl/α,β-unsaturated/α-hetero) is 1. The highest BCUT2D eigenvalue weighted by Gasteiger charge is 2.54. The maximum Gasteiger partial charge on any atom is 0.459 e. The van der Waals surface area contributed by atoms with Crippen LogP contribution in [0.4, 0.5) is 11.8 Å². The van der Waals surface area contributed by atoms with Crippen LogP contribution in [0.15, 0.2) is 36.7 Å². The molecule has 4 rings (SSSR count). The van der Waals surface area contributed by atoms with E-state index in [-0.39, 0.29) is 34.5 Å². The summed E-state index contributed by atoms with van der Waals surface area (Å²) in [5.41, 5.74) is 10.1. The summed E-state index contributed by atoms with van der Waals surface area (Å²) in [7, 11) is -4.12. The number of aliphatic hydroxyl groups is 2. The zero-order valence-corrected chi connectivity index (χ0v) is 20.7. The molecule has 0 aliphatic carbocycles. The Morgan fingerprint density at radius 2 is 2.03 bits per heavy atom. The standard InChI is InChI=1S/C21H28N7O7P/c1-11(12(2)29)27-36(32,35-13-7-5-4-6-8-13)33-9-14-16(30)21(3,31)19(34-14)28-10-24-15-17(22)25-20(23)26-18(15)28/h4-8,10-11,14,16,19,30-31H,9H2,1-3H3,(H,27,32)(H4,22,23,25,26)/t11-,14?,16+,19+,21+,36?/m0/s1. The zero-order valence-electron chi connectivity index (χ0n) is 19.8. The molecule has 0 amide bonds. The van der Waals surface area contributed by atoms with Gasteiger partial charge in [-0.1, -0.05) is 18.2 Å². The average Bonchev–Trinajstić information content (AvgIpc) is 3.31. The second-order valence-electron chi connectivity index (χ2n) is 8.65. The highest BCUT2D eigenvalue weighted by Crippen LogP contribution is 2.47. The van der Waals surface area contributed by atoms with Gasteiger partial charge < -0.3 is 30.9 Å². The van der Waals surface area contributed by atoms with Crippen molar-refractivity contribution in [2.24, 2.45) is 0 Å². The molecule has 6 atom stereocenters. The minimum atomic E-state index is -4.12. The topological polar surface area (TPSA) is 210 Å². The number of nitrogens with one attached hydrogen (secondary N) is 1. The number of hydrogen-bond donors (Lipinski definition) is 5. The first-order valence-electron chi connectivity index (χ1n) is 11.0. The molecule has 7 N–H and O–H groups in total. The van der Waals surface area contributed by atoms with Crippen LogP contribution in [0.3, 0.4) is 0 Å². The number of ether oxygens (including phenoxy) is 1. The molecule has 36 heavy (non-hydrogen) atoms. The summed E-state index contributed by atoms with van der Waals surface area (Å²) in [6, 6.07) is 7.40. The second kappa shape index (κ2) is 9.73. The molecule has 1 saturated heterocycles. The third-order valence-corrected chi connectivity index (χ3v) is 7.46. The molecule has 2 aromatic heterocycles. The van der Waals surface area contributed by atoms with E-state index in [1.807, 2.05) is 0 Å². The molecule has 3 aromatic rings. The lowest BCUT2D eigenvalue weighted by atomic mass is 9.96. The lowest BCUT2D eigenvalue weighted by Crippen LogP contribution is -2.44. The number of fused-ring (bicyclic) bond motifs is 1. The fraction of sp³-hybridized carbons (Fsp3) is 0.429. The van der Waals surface area contributed by atoms with Gasteiger partial charge in [-0.05, 0) is 32.9 Å². The molecule has 0 radical (unpaired) electrons. The molecule has 15 heteroatoms. The van der Waals surface area contributed by atoms with Crippen molar-refractivity contribution in [2.45, 2.75) is 50.8 Å². The largest absolute Gasteiger partial charge is 0.459 e. The monoisotopic (exact) mass is 521 g/mol. The molecule has 0 spiro atoms. The van der Waals surface area contributed by atoms with E-state index in [4.69, 9.17) is 25.3 Å². The van der Waals surface area contributed by atoms with E-state index in [1.54, 1.807) is 30.3 Å². The first kappa shape index (κ1) is 25.9. The number of nitrogens with zero attached hydrogens (tertiary/aromatic N) is 4. The smallest absolute Gasteiger partial charge is 0.413 e. The summed E-state index contributed by atoms with van der Waals surface area (Å²) in [5.74, 6) is -0.117. The Morgan fingerprint density at radius 3 is 2.69 bits per heavy atom. The van der Waals surface area contributed by atoms with Gasteiger partial charge in [0.2, 0.25) is 5.95 Å². The van der Waals surface area contributed by atoms with Crippen LogP contribution < -0.4 is 21.1 Å². The van der Waals surface area contributed by atoms with Crippen molar-refractivity contribution in [1.82, 2.24) is 24.6 Å². The average molecular weight is 521 g/mol. The van der Waals surface area contributed by atoms with Crippen molar-refractivity contribution in [3.63, 3.8) is 0 Å². The molecule has 3 heterocycles. The number of carbonyl (C=O) groups excluding carboxylic acids is 1. The summed E-state index contributed by atoms with van der Waals surface area (Å²) in [4.78, 5) is 23.9. The number of nitrogens with two attached hydrogens (primary N) is 2. The van der Waals surface area contributed by atoms with E-state index < -0.39 is 44.4 Å². The Hall–Kier alpha value is -3.13. The van der Waals surface area contributed by atoms with Gasteiger partial charge in [-0.2, -0.15) is 9.97 Å². The number of rotatable bonds is 9. The third-order valence-electron chi connectivity index (χ3n) is 5.81. The van der Waals surface area contributed by atoms with Gasteiger partial charge in [0.1, 0.15) is 34.9 Å². The van der Waals surface area contributed by atoms with Crippen LogP contribution in [0.25, 0.3) is 11.2 Å². The molecule has 1 aromatic carbocycles. The van der Waals surface area contributed by atoms with Crippen LogP contribution in [0.5, 0.6) is 5.75 Å². The first-order valence-corrected chi connectivity index (χ1v) is 12.5. The highest BCUT2D eigenvalue weighted by molar-refractivity contribution is 7.52. The van der Waals surface area contributed by atoms with Crippen molar-refractivity contribution in [2.75, 3.05) is 18.1 Å². The molecule has 0 saturated carbocycles. The fourth-order valence-corrected chi connectivity index (χ4v) is 5.29. The van der Waals surface area contributed by atoms with Crippen LogP contribution in [0.1, 0.15) is 27.0 Å². The van der Waals surface area contributed by atoms with Crippen LogP contribution >= 0.6 is 7.75 Å². The van der Waals surface area contributed by atoms with Crippen molar-refractivity contribution >= 4 is 36.5 Å². The molecular formula is C21H28N7O7P. The lowest BCUT2D eigenvalue weighted by molar-refractivity contribution is -0.118. The fourth-order valence-electron chi connectivity index (χ4n) is 3.72. The summed E-state index contributed by atoms with van der Waals surface area (Å²) < 4.78 is 31.9. The lowest BCUT2D eigenvalue weighted by Gasteiger charge is -2.27. The Balaban J connectivity index is 1.57. The Morgan fingerprint density at radius 1 is 1.33 bits per heavy atom. The van der Waals surface area contributed by atoms with E-state index in [2.05, 4.69) is 20.0 Å². The van der Waals surface area contributed by atoms with Gasteiger partial charge in [-0.3, -0.25) is 13.9 Å². The summed E-state index contributed by atoms with van der Waals surface area (Å²) in [5, 5.41) is 24.5. The van der Waals surface area contributed by atoms with Crippen LogP contribution in [-0.4, -0.2) is 66.0 Å². The van der Waals surface area contributed by atoms with Gasteiger partial charge in [0, 0.05) is 0 Å². The first-order chi connectivity index (χ1) is 16.9. The van der Waals surface area contributed by atoms with Gasteiger partial charge in [0.25, 0.3) is 0 Å². The molecule has 194 valence electrons. The number of hydrogen-bond acceptors (Lipinski definition) is 12. The number of aromatic nitrogens is 4. The van der Waals surface area contributed by atoms with E-state index in [0.29, 0.717) is 0 Å². The normalized spacial score (nSPS) is 26.5. The van der Waals surface area contributed by atoms with E-state index in [9.17, 15) is 19.6 Å². The minimum Gasteiger partial charge on any atom is -0.413 e. The third kappa shape index (κ3) is 5.05. The number of carbonyl (C=O) groups is 1.